The molecule has 17 heavy (non-hydrogen) atoms. The first-order chi connectivity index (χ1) is 7.92. The molecular weight excluding hydrogens is 308 g/mol. The van der Waals surface area contributed by atoms with Crippen molar-refractivity contribution in [3.63, 3.8) is 0 Å². The number of alkyl halides is 4. The second kappa shape index (κ2) is 6.09. The summed E-state index contributed by atoms with van der Waals surface area (Å²) in [4.78, 5) is 0. The van der Waals surface area contributed by atoms with E-state index in [0.29, 0.717) is 5.75 Å². The van der Waals surface area contributed by atoms with Gasteiger partial charge in [0.1, 0.15) is 11.5 Å². The third kappa shape index (κ3) is 5.25. The molecule has 0 amide bonds. The molecule has 0 bridgehead atoms. The Bertz CT molecular complexity index is 368. The zero-order chi connectivity index (χ0) is 12.9. The predicted molar refractivity (Wildman–Crippen MR) is 56.9 cm³/mol. The highest BCUT2D eigenvalue weighted by atomic mass is 79.9. The summed E-state index contributed by atoms with van der Waals surface area (Å²) in [5.41, 5.74) is 0. The van der Waals surface area contributed by atoms with Crippen molar-refractivity contribution in [1.29, 1.82) is 0 Å². The van der Waals surface area contributed by atoms with E-state index in [0.717, 1.165) is 6.07 Å². The topological polar surface area (TPSA) is 18.5 Å². The molecule has 2 nitrogen and oxygen atoms in total. The average Bonchev–Trinajstić information content (AvgIpc) is 2.21. The normalized spacial score (nSPS) is 11.4. The minimum absolute atomic E-state index is 0.118. The molecule has 0 spiro atoms. The Balaban J connectivity index is 2.66. The molecule has 0 aliphatic carbocycles. The average molecular weight is 317 g/mol. The van der Waals surface area contributed by atoms with Crippen LogP contribution in [0.25, 0.3) is 0 Å². The van der Waals surface area contributed by atoms with E-state index in [1.54, 1.807) is 0 Å². The Hall–Kier alpha value is -0.980. The van der Waals surface area contributed by atoms with Gasteiger partial charge in [-0.15, -0.1) is 13.2 Å². The van der Waals surface area contributed by atoms with Gasteiger partial charge in [0, 0.05) is 6.42 Å². The van der Waals surface area contributed by atoms with Crippen molar-refractivity contribution in [2.75, 3.05) is 13.3 Å². The van der Waals surface area contributed by atoms with Gasteiger partial charge in [0.15, 0.2) is 0 Å². The van der Waals surface area contributed by atoms with Crippen molar-refractivity contribution in [1.82, 2.24) is 0 Å². The number of rotatable bonds is 5. The molecule has 1 aromatic rings. The van der Waals surface area contributed by atoms with E-state index >= 15 is 0 Å². The fourth-order valence-electron chi connectivity index (χ4n) is 1.02. The van der Waals surface area contributed by atoms with Crippen LogP contribution in [-0.4, -0.2) is 19.6 Å². The van der Waals surface area contributed by atoms with Crippen LogP contribution in [0.3, 0.4) is 0 Å². The van der Waals surface area contributed by atoms with Gasteiger partial charge in [0.25, 0.3) is 0 Å². The summed E-state index contributed by atoms with van der Waals surface area (Å²) in [6.07, 6.45) is -4.50. The molecule has 0 radical (unpaired) electrons. The molecule has 1 aromatic carbocycles. The largest absolute Gasteiger partial charge is 0.573 e. The summed E-state index contributed by atoms with van der Waals surface area (Å²) < 4.78 is 56.6. The Morgan fingerprint density at radius 3 is 2.47 bits per heavy atom. The van der Waals surface area contributed by atoms with Gasteiger partial charge in [0.05, 0.1) is 17.8 Å². The molecule has 0 saturated heterocycles. The molecule has 0 saturated carbocycles. The molecule has 0 N–H and O–H groups in total. The maximum absolute atomic E-state index is 12.0. The summed E-state index contributed by atoms with van der Waals surface area (Å²) in [7, 11) is 0. The molecule has 0 atom stereocenters. The molecule has 0 aliphatic heterocycles. The van der Waals surface area contributed by atoms with Crippen LogP contribution in [0.5, 0.6) is 11.5 Å². The van der Waals surface area contributed by atoms with Crippen LogP contribution in [0.4, 0.5) is 17.6 Å². The predicted octanol–water partition coefficient (Wildman–Crippen LogP) is 4.09. The zero-order valence-corrected chi connectivity index (χ0v) is 10.1. The third-order valence-electron chi connectivity index (χ3n) is 1.68. The Labute approximate surface area is 104 Å². The summed E-state index contributed by atoms with van der Waals surface area (Å²) in [6.45, 7) is -0.334. The summed E-state index contributed by atoms with van der Waals surface area (Å²) in [5, 5.41) is 0. The van der Waals surface area contributed by atoms with Crippen molar-refractivity contribution in [3.8, 4) is 11.5 Å². The molecule has 7 heteroatoms. The van der Waals surface area contributed by atoms with Crippen molar-refractivity contribution in [2.24, 2.45) is 0 Å². The first kappa shape index (κ1) is 14.1. The van der Waals surface area contributed by atoms with Crippen molar-refractivity contribution < 1.29 is 27.0 Å². The first-order valence-corrected chi connectivity index (χ1v) is 5.46. The highest BCUT2D eigenvalue weighted by molar-refractivity contribution is 9.10. The van der Waals surface area contributed by atoms with Gasteiger partial charge in [-0.05, 0) is 34.1 Å². The summed E-state index contributed by atoms with van der Waals surface area (Å²) in [6, 6.07) is 3.78. The lowest BCUT2D eigenvalue weighted by Gasteiger charge is -2.11. The summed E-state index contributed by atoms with van der Waals surface area (Å²) in [5.74, 6) is -0.00445. The molecule has 0 unspecified atom stereocenters. The number of ether oxygens (including phenoxy) is 2. The van der Waals surface area contributed by atoms with Crippen LogP contribution in [0, 0.1) is 0 Å². The number of hydrogen-bond acceptors (Lipinski definition) is 2. The Morgan fingerprint density at radius 1 is 1.24 bits per heavy atom. The fraction of sp³-hybridized carbons (Fsp3) is 0.400. The highest BCUT2D eigenvalue weighted by Crippen LogP contribution is 2.33. The molecule has 1 rings (SSSR count). The molecule has 0 aromatic heterocycles. The minimum atomic E-state index is -4.74. The molecule has 0 aliphatic rings. The van der Waals surface area contributed by atoms with Crippen LogP contribution in [0.2, 0.25) is 0 Å². The zero-order valence-electron chi connectivity index (χ0n) is 8.56. The number of halogens is 5. The van der Waals surface area contributed by atoms with Crippen LogP contribution >= 0.6 is 15.9 Å². The number of benzene rings is 1. The second-order valence-electron chi connectivity index (χ2n) is 3.03. The molecule has 0 fully saturated rings. The maximum atomic E-state index is 12.0. The lowest BCUT2D eigenvalue weighted by atomic mass is 10.3. The van der Waals surface area contributed by atoms with E-state index in [1.807, 2.05) is 0 Å². The van der Waals surface area contributed by atoms with Gasteiger partial charge < -0.3 is 9.47 Å². The fourth-order valence-corrected chi connectivity index (χ4v) is 1.46. The Kier molecular flexibility index (Phi) is 5.04. The van der Waals surface area contributed by atoms with E-state index < -0.39 is 13.0 Å². The molecule has 0 heterocycles. The van der Waals surface area contributed by atoms with Crippen LogP contribution < -0.4 is 9.47 Å². The minimum Gasteiger partial charge on any atom is -0.493 e. The van der Waals surface area contributed by atoms with E-state index in [4.69, 9.17) is 4.74 Å². The SMILES string of the molecule is FCCCOc1ccc(OC(F)(F)F)c(Br)c1. The van der Waals surface area contributed by atoms with Crippen molar-refractivity contribution in [2.45, 2.75) is 12.8 Å². The van der Waals surface area contributed by atoms with Gasteiger partial charge in [0.2, 0.25) is 0 Å². The van der Waals surface area contributed by atoms with Gasteiger partial charge in [-0.1, -0.05) is 0 Å². The van der Waals surface area contributed by atoms with Gasteiger partial charge >= 0.3 is 6.36 Å². The lowest BCUT2D eigenvalue weighted by molar-refractivity contribution is -0.274. The van der Waals surface area contributed by atoms with Gasteiger partial charge in [-0.2, -0.15) is 0 Å². The van der Waals surface area contributed by atoms with E-state index in [2.05, 4.69) is 20.7 Å². The van der Waals surface area contributed by atoms with Gasteiger partial charge in [-0.25, -0.2) is 0 Å². The maximum Gasteiger partial charge on any atom is 0.573 e. The smallest absolute Gasteiger partial charge is 0.493 e. The van der Waals surface area contributed by atoms with Gasteiger partial charge in [-0.3, -0.25) is 4.39 Å². The number of hydrogen-bond donors (Lipinski definition) is 0. The molecule has 96 valence electrons. The lowest BCUT2D eigenvalue weighted by Crippen LogP contribution is -2.17. The third-order valence-corrected chi connectivity index (χ3v) is 2.30. The molecular formula is C10H9BrF4O2. The Morgan fingerprint density at radius 2 is 1.94 bits per heavy atom. The van der Waals surface area contributed by atoms with Crippen molar-refractivity contribution >= 4 is 15.9 Å². The van der Waals surface area contributed by atoms with Crippen LogP contribution in [-0.2, 0) is 0 Å². The highest BCUT2D eigenvalue weighted by Gasteiger charge is 2.31. The van der Waals surface area contributed by atoms with E-state index in [-0.39, 0.29) is 23.2 Å². The quantitative estimate of drug-likeness (QED) is 0.602. The van der Waals surface area contributed by atoms with Crippen LogP contribution in [0.1, 0.15) is 6.42 Å². The van der Waals surface area contributed by atoms with E-state index in [9.17, 15) is 17.6 Å². The van der Waals surface area contributed by atoms with Crippen molar-refractivity contribution in [3.05, 3.63) is 22.7 Å². The van der Waals surface area contributed by atoms with E-state index in [1.165, 1.54) is 12.1 Å². The summed E-state index contributed by atoms with van der Waals surface area (Å²) >= 11 is 2.93. The monoisotopic (exact) mass is 316 g/mol. The van der Waals surface area contributed by atoms with Crippen LogP contribution in [0.15, 0.2) is 22.7 Å². The second-order valence-corrected chi connectivity index (χ2v) is 3.89. The standard InChI is InChI=1S/C10H9BrF4O2/c11-8-6-7(16-5-1-4-12)2-3-9(8)17-10(13,14)15/h2-3,6H,1,4-5H2. The first-order valence-electron chi connectivity index (χ1n) is 4.66.